The summed E-state index contributed by atoms with van der Waals surface area (Å²) >= 11 is 0. The molecule has 0 bridgehead atoms. The zero-order valence-electron chi connectivity index (χ0n) is 14.0. The summed E-state index contributed by atoms with van der Waals surface area (Å²) in [6.07, 6.45) is 5.97. The van der Waals surface area contributed by atoms with Gasteiger partial charge < -0.3 is 10.2 Å². The van der Waals surface area contributed by atoms with E-state index < -0.39 is 11.9 Å². The highest BCUT2D eigenvalue weighted by Crippen LogP contribution is 2.31. The van der Waals surface area contributed by atoms with Gasteiger partial charge in [-0.15, -0.1) is 0 Å². The Hall–Kier alpha value is -3.09. The van der Waals surface area contributed by atoms with Crippen molar-refractivity contribution in [3.8, 4) is 0 Å². The summed E-state index contributed by atoms with van der Waals surface area (Å²) in [6.45, 7) is 4.30. The normalized spacial score (nSPS) is 12.0. The highest BCUT2D eigenvalue weighted by Gasteiger charge is 2.23. The number of nitrogens with zero attached hydrogens (tertiary/aromatic N) is 3. The van der Waals surface area contributed by atoms with Gasteiger partial charge in [0.2, 0.25) is 0 Å². The summed E-state index contributed by atoms with van der Waals surface area (Å²) in [4.78, 5) is 22.3. The van der Waals surface area contributed by atoms with Crippen LogP contribution in [-0.2, 0) is 16.0 Å². The number of rotatable bonds is 4. The fraction of sp³-hybridized carbons (Fsp3) is 0.278. The molecule has 1 aromatic carbocycles. The number of carbonyl (C=O) groups is 2. The van der Waals surface area contributed by atoms with Gasteiger partial charge in [-0.2, -0.15) is 0 Å². The van der Waals surface area contributed by atoms with Crippen molar-refractivity contribution in [1.29, 1.82) is 0 Å². The average molecular weight is 343 g/mol. The zero-order chi connectivity index (χ0) is 18.2. The Morgan fingerprint density at radius 1 is 1.12 bits per heavy atom. The number of fused-ring (bicyclic) bond motifs is 1. The zero-order valence-corrected chi connectivity index (χ0v) is 14.0. The topological polar surface area (TPSA) is 94.0 Å². The molecule has 7 nitrogen and oxygen atoms in total. The second-order valence-corrected chi connectivity index (χ2v) is 5.44. The van der Waals surface area contributed by atoms with E-state index >= 15 is 0 Å². The van der Waals surface area contributed by atoms with E-state index in [1.54, 1.807) is 0 Å². The maximum Gasteiger partial charge on any atom is 0.414 e. The van der Waals surface area contributed by atoms with E-state index in [1.165, 1.54) is 16.9 Å². The number of anilines is 2. The van der Waals surface area contributed by atoms with E-state index in [0.29, 0.717) is 0 Å². The van der Waals surface area contributed by atoms with Crippen LogP contribution in [0.15, 0.2) is 48.8 Å². The SMILES string of the molecule is CCCN(c1ccncc1)N1CCc2ccccc21.O=C(O)C(=O)O. The Balaban J connectivity index is 0.000000326. The van der Waals surface area contributed by atoms with Gasteiger partial charge in [0.15, 0.2) is 0 Å². The number of hydrogen-bond acceptors (Lipinski definition) is 5. The minimum Gasteiger partial charge on any atom is -0.473 e. The Kier molecular flexibility index (Phi) is 6.33. The molecular formula is C18H21N3O4. The van der Waals surface area contributed by atoms with Gasteiger partial charge in [-0.05, 0) is 36.6 Å². The van der Waals surface area contributed by atoms with Gasteiger partial charge in [0, 0.05) is 25.5 Å². The van der Waals surface area contributed by atoms with Crippen LogP contribution in [0, 0.1) is 0 Å². The lowest BCUT2D eigenvalue weighted by atomic mass is 10.2. The Labute approximate surface area is 146 Å². The lowest BCUT2D eigenvalue weighted by molar-refractivity contribution is -0.159. The monoisotopic (exact) mass is 343 g/mol. The number of carboxylic acids is 2. The van der Waals surface area contributed by atoms with Gasteiger partial charge in [-0.3, -0.25) is 15.0 Å². The van der Waals surface area contributed by atoms with Gasteiger partial charge in [0.25, 0.3) is 0 Å². The van der Waals surface area contributed by atoms with E-state index in [-0.39, 0.29) is 0 Å². The molecule has 0 aliphatic carbocycles. The van der Waals surface area contributed by atoms with Crippen LogP contribution in [-0.4, -0.2) is 40.2 Å². The lowest BCUT2D eigenvalue weighted by Gasteiger charge is -2.35. The molecule has 0 amide bonds. The maximum absolute atomic E-state index is 9.10. The lowest BCUT2D eigenvalue weighted by Crippen LogP contribution is -2.42. The summed E-state index contributed by atoms with van der Waals surface area (Å²) in [5, 5.41) is 19.5. The average Bonchev–Trinajstić information content (AvgIpc) is 3.05. The summed E-state index contributed by atoms with van der Waals surface area (Å²) in [7, 11) is 0. The third kappa shape index (κ3) is 4.69. The highest BCUT2D eigenvalue weighted by atomic mass is 16.4. The predicted molar refractivity (Wildman–Crippen MR) is 94.6 cm³/mol. The van der Waals surface area contributed by atoms with Crippen molar-refractivity contribution in [2.24, 2.45) is 0 Å². The fourth-order valence-corrected chi connectivity index (χ4v) is 2.69. The number of aromatic nitrogens is 1. The molecule has 3 rings (SSSR count). The van der Waals surface area contributed by atoms with Crippen LogP contribution in [0.4, 0.5) is 11.4 Å². The van der Waals surface area contributed by atoms with Gasteiger partial charge in [0.05, 0.1) is 11.4 Å². The molecule has 7 heteroatoms. The second-order valence-electron chi connectivity index (χ2n) is 5.44. The summed E-state index contributed by atoms with van der Waals surface area (Å²) in [6, 6.07) is 12.8. The summed E-state index contributed by atoms with van der Waals surface area (Å²) < 4.78 is 0. The maximum atomic E-state index is 9.10. The molecule has 0 fully saturated rings. The smallest absolute Gasteiger partial charge is 0.414 e. The van der Waals surface area contributed by atoms with E-state index in [4.69, 9.17) is 19.8 Å². The standard InChI is InChI=1S/C16H19N3.C2H2O4/c1-2-12-18(15-7-10-17-11-8-15)19-13-9-14-5-3-4-6-16(14)19;3-1(4)2(5)6/h3-8,10-11H,2,9,12-13H2,1H3;(H,3,4)(H,5,6). The van der Waals surface area contributed by atoms with E-state index in [1.807, 2.05) is 12.4 Å². The number of pyridine rings is 1. The number of aliphatic carboxylic acids is 2. The molecule has 1 aromatic heterocycles. The largest absolute Gasteiger partial charge is 0.473 e. The summed E-state index contributed by atoms with van der Waals surface area (Å²) in [5.41, 5.74) is 4.00. The molecule has 0 saturated heterocycles. The Morgan fingerprint density at radius 2 is 1.76 bits per heavy atom. The molecule has 132 valence electrons. The van der Waals surface area contributed by atoms with Crippen molar-refractivity contribution < 1.29 is 19.8 Å². The Bertz CT molecular complexity index is 709. The van der Waals surface area contributed by atoms with Crippen molar-refractivity contribution in [2.75, 3.05) is 23.1 Å². The van der Waals surface area contributed by atoms with Crippen molar-refractivity contribution in [1.82, 2.24) is 4.98 Å². The second kappa shape index (κ2) is 8.68. The first kappa shape index (κ1) is 18.3. The number of carboxylic acid groups (broad SMARTS) is 2. The molecule has 2 heterocycles. The minimum absolute atomic E-state index is 1.03. The van der Waals surface area contributed by atoms with Crippen LogP contribution < -0.4 is 10.0 Å². The van der Waals surface area contributed by atoms with Gasteiger partial charge in [-0.1, -0.05) is 25.1 Å². The molecule has 0 spiro atoms. The minimum atomic E-state index is -1.82. The van der Waals surface area contributed by atoms with Crippen molar-refractivity contribution in [3.63, 3.8) is 0 Å². The first-order valence-electron chi connectivity index (χ1n) is 8.03. The first-order chi connectivity index (χ1) is 12.0. The number of para-hydroxylation sites is 1. The Morgan fingerprint density at radius 3 is 2.36 bits per heavy atom. The number of hydrazine groups is 1. The molecule has 1 aliphatic rings. The van der Waals surface area contributed by atoms with Gasteiger partial charge in [-0.25, -0.2) is 9.59 Å². The van der Waals surface area contributed by atoms with Crippen LogP contribution in [0.2, 0.25) is 0 Å². The van der Waals surface area contributed by atoms with Crippen LogP contribution >= 0.6 is 0 Å². The van der Waals surface area contributed by atoms with E-state index in [2.05, 4.69) is 58.3 Å². The van der Waals surface area contributed by atoms with Gasteiger partial charge >= 0.3 is 11.9 Å². The third-order valence-electron chi connectivity index (χ3n) is 3.73. The van der Waals surface area contributed by atoms with Crippen LogP contribution in [0.1, 0.15) is 18.9 Å². The van der Waals surface area contributed by atoms with Crippen LogP contribution in [0.3, 0.4) is 0 Å². The first-order valence-corrected chi connectivity index (χ1v) is 8.03. The van der Waals surface area contributed by atoms with Crippen LogP contribution in [0.25, 0.3) is 0 Å². The van der Waals surface area contributed by atoms with Crippen LogP contribution in [0.5, 0.6) is 0 Å². The van der Waals surface area contributed by atoms with Crippen molar-refractivity contribution >= 4 is 23.3 Å². The highest BCUT2D eigenvalue weighted by molar-refractivity contribution is 6.27. The molecule has 0 atom stereocenters. The number of benzene rings is 1. The van der Waals surface area contributed by atoms with Gasteiger partial charge in [0.1, 0.15) is 0 Å². The van der Waals surface area contributed by atoms with Crippen molar-refractivity contribution in [2.45, 2.75) is 19.8 Å². The number of hydrogen-bond donors (Lipinski definition) is 2. The molecule has 2 N–H and O–H groups in total. The molecule has 0 saturated carbocycles. The fourth-order valence-electron chi connectivity index (χ4n) is 2.69. The third-order valence-corrected chi connectivity index (χ3v) is 3.73. The molecular weight excluding hydrogens is 322 g/mol. The van der Waals surface area contributed by atoms with E-state index in [9.17, 15) is 0 Å². The van der Waals surface area contributed by atoms with Crippen molar-refractivity contribution in [3.05, 3.63) is 54.4 Å². The quantitative estimate of drug-likeness (QED) is 0.823. The molecule has 0 unspecified atom stereocenters. The molecule has 0 radical (unpaired) electrons. The van der Waals surface area contributed by atoms with E-state index in [0.717, 1.165) is 25.9 Å². The molecule has 1 aliphatic heterocycles. The summed E-state index contributed by atoms with van der Waals surface area (Å²) in [5.74, 6) is -3.65. The molecule has 2 aromatic rings. The molecule has 25 heavy (non-hydrogen) atoms. The predicted octanol–water partition coefficient (Wildman–Crippen LogP) is 2.43.